The maximum absolute atomic E-state index is 6.50. The van der Waals surface area contributed by atoms with Gasteiger partial charge < -0.3 is 18.6 Å². The monoisotopic (exact) mass is 524 g/mol. The summed E-state index contributed by atoms with van der Waals surface area (Å²) >= 11 is 3.61. The number of unbranched alkanes of at least 4 members (excludes halogenated alkanes) is 2. The molecule has 3 aromatic rings. The molecule has 3 heterocycles. The van der Waals surface area contributed by atoms with E-state index in [1.54, 1.807) is 7.11 Å². The summed E-state index contributed by atoms with van der Waals surface area (Å²) in [5, 5.41) is 7.01. The fraction of sp³-hybridized carbons (Fsp3) is 0.370. The lowest BCUT2D eigenvalue weighted by Gasteiger charge is -2.38. The summed E-state index contributed by atoms with van der Waals surface area (Å²) in [6.45, 7) is 4.81. The highest BCUT2D eigenvalue weighted by Crippen LogP contribution is 2.49. The highest BCUT2D eigenvalue weighted by atomic mass is 79.9. The van der Waals surface area contributed by atoms with Crippen LogP contribution >= 0.6 is 15.9 Å². The number of fused-ring (bicyclic) bond motifs is 3. The van der Waals surface area contributed by atoms with Gasteiger partial charge in [-0.15, -0.1) is 0 Å². The van der Waals surface area contributed by atoms with Gasteiger partial charge in [-0.05, 0) is 61.9 Å². The minimum atomic E-state index is -0.393. The van der Waals surface area contributed by atoms with Gasteiger partial charge in [0, 0.05) is 22.0 Å². The zero-order valence-electron chi connectivity index (χ0n) is 19.7. The maximum atomic E-state index is 6.50. The Balaban J connectivity index is 1.49. The second-order valence-electron chi connectivity index (χ2n) is 8.68. The predicted molar refractivity (Wildman–Crippen MR) is 135 cm³/mol. The third-order valence-electron chi connectivity index (χ3n) is 6.25. The molecule has 2 atom stereocenters. The Hall–Kier alpha value is -2.93. The first-order valence-electron chi connectivity index (χ1n) is 11.8. The highest BCUT2D eigenvalue weighted by Gasteiger charge is 2.42. The second kappa shape index (κ2) is 9.74. The molecule has 0 N–H and O–H groups in total. The average Bonchev–Trinajstić information content (AvgIpc) is 3.48. The van der Waals surface area contributed by atoms with Gasteiger partial charge in [0.1, 0.15) is 23.0 Å². The van der Waals surface area contributed by atoms with Crippen molar-refractivity contribution in [1.82, 2.24) is 5.01 Å². The number of methoxy groups -OCH3 is 1. The number of hydrazone groups is 1. The topological polar surface area (TPSA) is 56.4 Å². The van der Waals surface area contributed by atoms with Crippen LogP contribution in [0.15, 0.2) is 62.5 Å². The Morgan fingerprint density at radius 2 is 1.97 bits per heavy atom. The molecule has 0 amide bonds. The molecule has 7 heteroatoms. The van der Waals surface area contributed by atoms with E-state index in [0.717, 1.165) is 70.0 Å². The number of aryl methyl sites for hydroxylation is 1. The number of halogens is 1. The lowest BCUT2D eigenvalue weighted by molar-refractivity contribution is -0.0192. The van der Waals surface area contributed by atoms with E-state index >= 15 is 0 Å². The third kappa shape index (κ3) is 4.41. The summed E-state index contributed by atoms with van der Waals surface area (Å²) in [7, 11) is 1.67. The van der Waals surface area contributed by atoms with E-state index in [0.29, 0.717) is 12.4 Å². The molecule has 0 aliphatic carbocycles. The van der Waals surface area contributed by atoms with E-state index in [2.05, 4.69) is 28.9 Å². The van der Waals surface area contributed by atoms with E-state index in [4.69, 9.17) is 23.7 Å². The summed E-state index contributed by atoms with van der Waals surface area (Å²) in [4.78, 5) is 0. The van der Waals surface area contributed by atoms with Gasteiger partial charge in [0.05, 0.1) is 19.8 Å². The van der Waals surface area contributed by atoms with Crippen molar-refractivity contribution >= 4 is 21.6 Å². The Morgan fingerprint density at radius 3 is 2.74 bits per heavy atom. The first-order valence-corrected chi connectivity index (χ1v) is 12.6. The summed E-state index contributed by atoms with van der Waals surface area (Å²) < 4.78 is 25.1. The molecule has 0 bridgehead atoms. The van der Waals surface area contributed by atoms with Crippen LogP contribution in [0.5, 0.6) is 17.2 Å². The molecule has 34 heavy (non-hydrogen) atoms. The molecule has 1 aromatic heterocycles. The lowest BCUT2D eigenvalue weighted by atomic mass is 9.97. The van der Waals surface area contributed by atoms with E-state index < -0.39 is 6.23 Å². The van der Waals surface area contributed by atoms with E-state index in [1.165, 1.54) is 0 Å². The fourth-order valence-corrected chi connectivity index (χ4v) is 4.89. The molecule has 6 nitrogen and oxygen atoms in total. The van der Waals surface area contributed by atoms with Gasteiger partial charge in [-0.25, -0.2) is 5.01 Å². The first kappa shape index (κ1) is 22.8. The Morgan fingerprint density at radius 1 is 1.09 bits per heavy atom. The van der Waals surface area contributed by atoms with Crippen LogP contribution in [0.1, 0.15) is 67.5 Å². The molecular formula is C27H29BrN2O4. The number of hydrogen-bond donors (Lipinski definition) is 0. The van der Waals surface area contributed by atoms with Crippen LogP contribution in [0, 0.1) is 6.92 Å². The van der Waals surface area contributed by atoms with Crippen molar-refractivity contribution in [1.29, 1.82) is 0 Å². The van der Waals surface area contributed by atoms with Crippen LogP contribution in [-0.2, 0) is 0 Å². The Bertz CT molecular complexity index is 1210. The van der Waals surface area contributed by atoms with E-state index in [9.17, 15) is 0 Å². The van der Waals surface area contributed by atoms with Crippen LogP contribution in [0.2, 0.25) is 0 Å². The minimum Gasteiger partial charge on any atom is -0.493 e. The van der Waals surface area contributed by atoms with Crippen molar-refractivity contribution in [3.8, 4) is 17.2 Å². The predicted octanol–water partition coefficient (Wildman–Crippen LogP) is 7.17. The number of ether oxygens (including phenoxy) is 3. The number of benzene rings is 2. The molecule has 2 aromatic carbocycles. The Labute approximate surface area is 208 Å². The van der Waals surface area contributed by atoms with Crippen molar-refractivity contribution in [2.24, 2.45) is 5.10 Å². The van der Waals surface area contributed by atoms with Crippen LogP contribution in [0.4, 0.5) is 0 Å². The summed E-state index contributed by atoms with van der Waals surface area (Å²) in [6, 6.07) is 16.1. The van der Waals surface area contributed by atoms with Gasteiger partial charge in [-0.1, -0.05) is 35.7 Å². The molecule has 0 fully saturated rings. The SMILES string of the molecule is CCCCCOc1ccc([C@H]2Oc3ccc(Br)cc3[C@H]3CC(c4ccc(C)o4)=NN32)cc1OC. The van der Waals surface area contributed by atoms with Gasteiger partial charge in [-0.2, -0.15) is 5.10 Å². The van der Waals surface area contributed by atoms with Crippen LogP contribution in [0.3, 0.4) is 0 Å². The summed E-state index contributed by atoms with van der Waals surface area (Å²) in [6.07, 6.45) is 3.69. The molecule has 2 aliphatic rings. The first-order chi connectivity index (χ1) is 16.6. The molecule has 0 saturated heterocycles. The number of hydrogen-bond acceptors (Lipinski definition) is 6. The molecule has 0 saturated carbocycles. The van der Waals surface area contributed by atoms with Gasteiger partial charge in [-0.3, -0.25) is 0 Å². The van der Waals surface area contributed by atoms with E-state index in [1.807, 2.05) is 54.4 Å². The number of rotatable bonds is 8. The van der Waals surface area contributed by atoms with Crippen molar-refractivity contribution in [2.75, 3.05) is 13.7 Å². The number of furan rings is 1. The lowest BCUT2D eigenvalue weighted by Crippen LogP contribution is -2.33. The quantitative estimate of drug-likeness (QED) is 0.292. The highest BCUT2D eigenvalue weighted by molar-refractivity contribution is 9.10. The smallest absolute Gasteiger partial charge is 0.214 e. The number of nitrogens with zero attached hydrogens (tertiary/aromatic N) is 2. The van der Waals surface area contributed by atoms with Crippen LogP contribution < -0.4 is 14.2 Å². The van der Waals surface area contributed by atoms with Crippen LogP contribution in [0.25, 0.3) is 0 Å². The summed E-state index contributed by atoms with van der Waals surface area (Å²) in [5.74, 6) is 3.98. The van der Waals surface area contributed by atoms with Gasteiger partial charge in [0.2, 0.25) is 6.23 Å². The second-order valence-corrected chi connectivity index (χ2v) is 9.59. The van der Waals surface area contributed by atoms with Gasteiger partial charge in [0.15, 0.2) is 11.5 Å². The molecule has 0 spiro atoms. The van der Waals surface area contributed by atoms with Gasteiger partial charge >= 0.3 is 0 Å². The molecule has 0 radical (unpaired) electrons. The Kier molecular flexibility index (Phi) is 6.55. The van der Waals surface area contributed by atoms with Crippen molar-refractivity contribution in [2.45, 2.75) is 51.8 Å². The zero-order chi connectivity index (χ0) is 23.7. The normalized spacial score (nSPS) is 18.7. The zero-order valence-corrected chi connectivity index (χ0v) is 21.3. The largest absolute Gasteiger partial charge is 0.493 e. The molecular weight excluding hydrogens is 496 g/mol. The molecule has 5 rings (SSSR count). The van der Waals surface area contributed by atoms with Crippen molar-refractivity contribution in [3.05, 3.63) is 75.7 Å². The van der Waals surface area contributed by atoms with Crippen LogP contribution in [-0.4, -0.2) is 24.4 Å². The standard InChI is InChI=1S/C27H29BrN2O4/c1-4-5-6-13-32-25-11-8-18(14-26(25)31-3)27-30-22(20-15-19(28)9-12-23(20)34-27)16-21(29-30)24-10-7-17(2)33-24/h7-12,14-15,22,27H,4-6,13,16H2,1-3H3/t22-,27-/m1/s1. The summed E-state index contributed by atoms with van der Waals surface area (Å²) in [5.41, 5.74) is 2.98. The van der Waals surface area contributed by atoms with Crippen molar-refractivity contribution < 1.29 is 18.6 Å². The molecule has 178 valence electrons. The maximum Gasteiger partial charge on any atom is 0.214 e. The van der Waals surface area contributed by atoms with Crippen molar-refractivity contribution in [3.63, 3.8) is 0 Å². The molecule has 2 aliphatic heterocycles. The fourth-order valence-electron chi connectivity index (χ4n) is 4.51. The third-order valence-corrected chi connectivity index (χ3v) is 6.75. The van der Waals surface area contributed by atoms with Gasteiger partial charge in [0.25, 0.3) is 0 Å². The molecule has 0 unspecified atom stereocenters. The average molecular weight is 525 g/mol. The van der Waals surface area contributed by atoms with E-state index in [-0.39, 0.29) is 6.04 Å². The minimum absolute atomic E-state index is 0.0441.